The lowest BCUT2D eigenvalue weighted by atomic mass is 9.98. The maximum absolute atomic E-state index is 11.8. The first-order valence-electron chi connectivity index (χ1n) is 9.60. The zero-order valence-electron chi connectivity index (χ0n) is 15.5. The van der Waals surface area contributed by atoms with Crippen LogP contribution in [0.1, 0.15) is 43.0 Å². The third kappa shape index (κ3) is 4.33. The van der Waals surface area contributed by atoms with E-state index in [1.807, 2.05) is 4.90 Å². The van der Waals surface area contributed by atoms with E-state index in [4.69, 9.17) is 5.73 Å². The fourth-order valence-corrected chi connectivity index (χ4v) is 4.07. The molecule has 2 saturated heterocycles. The summed E-state index contributed by atoms with van der Waals surface area (Å²) in [7, 11) is 0. The number of carbonyl (C=O) groups is 2. The highest BCUT2D eigenvalue weighted by molar-refractivity contribution is 5.97. The molecular formula is C19H29N5O2. The van der Waals surface area contributed by atoms with Gasteiger partial charge in [0.2, 0.25) is 5.91 Å². The van der Waals surface area contributed by atoms with Crippen molar-refractivity contribution in [3.05, 3.63) is 23.9 Å². The Morgan fingerprint density at radius 1 is 1.38 bits per heavy atom. The number of amides is 2. The number of primary amides is 1. The largest absolute Gasteiger partial charge is 0.365 e. The fraction of sp³-hybridized carbons (Fsp3) is 0.632. The van der Waals surface area contributed by atoms with Gasteiger partial charge in [-0.25, -0.2) is 4.98 Å². The number of nitrogens with zero attached hydrogens (tertiary/aromatic N) is 3. The minimum absolute atomic E-state index is 0.234. The van der Waals surface area contributed by atoms with Gasteiger partial charge in [0.15, 0.2) is 0 Å². The van der Waals surface area contributed by atoms with E-state index >= 15 is 0 Å². The molecule has 2 aliphatic rings. The van der Waals surface area contributed by atoms with Crippen molar-refractivity contribution in [2.75, 3.05) is 38.0 Å². The molecule has 142 valence electrons. The van der Waals surface area contributed by atoms with Crippen LogP contribution in [0.2, 0.25) is 0 Å². The predicted molar refractivity (Wildman–Crippen MR) is 101 cm³/mol. The van der Waals surface area contributed by atoms with Gasteiger partial charge in [0.1, 0.15) is 5.82 Å². The van der Waals surface area contributed by atoms with E-state index in [0.29, 0.717) is 23.7 Å². The van der Waals surface area contributed by atoms with Gasteiger partial charge >= 0.3 is 0 Å². The smallest absolute Gasteiger partial charge is 0.252 e. The summed E-state index contributed by atoms with van der Waals surface area (Å²) in [5.74, 6) is 0.887. The second-order valence-corrected chi connectivity index (χ2v) is 7.31. The lowest BCUT2D eigenvalue weighted by Crippen LogP contribution is -2.36. The van der Waals surface area contributed by atoms with Crippen molar-refractivity contribution in [2.24, 2.45) is 11.7 Å². The Labute approximate surface area is 154 Å². The third-order valence-electron chi connectivity index (χ3n) is 5.43. The second-order valence-electron chi connectivity index (χ2n) is 7.31. The number of rotatable bonds is 8. The van der Waals surface area contributed by atoms with Gasteiger partial charge in [-0.1, -0.05) is 13.3 Å². The number of nitrogens with two attached hydrogens (primary N) is 1. The molecule has 7 nitrogen and oxygen atoms in total. The molecular weight excluding hydrogens is 330 g/mol. The van der Waals surface area contributed by atoms with E-state index < -0.39 is 5.91 Å². The molecule has 0 bridgehead atoms. The molecule has 2 aliphatic heterocycles. The number of pyridine rings is 1. The molecule has 2 amide bonds. The van der Waals surface area contributed by atoms with Gasteiger partial charge in [-0.3, -0.25) is 14.5 Å². The average molecular weight is 359 g/mol. The zero-order chi connectivity index (χ0) is 18.5. The standard InChI is InChI=1S/C19H29N5O2/c1-2-5-14-12-23(10-11-24-9-4-7-17(24)25)13-16(14)22-19-15(18(20)26)6-3-8-21-19/h3,6,8,14,16H,2,4-5,7,9-13H2,1H3,(H2,20,26)(H,21,22)/t14-,16-/m0/s1. The van der Waals surface area contributed by atoms with Crippen molar-refractivity contribution in [1.29, 1.82) is 0 Å². The monoisotopic (exact) mass is 359 g/mol. The maximum atomic E-state index is 11.8. The van der Waals surface area contributed by atoms with Crippen LogP contribution in [0.3, 0.4) is 0 Å². The summed E-state index contributed by atoms with van der Waals surface area (Å²) in [6.45, 7) is 6.68. The molecule has 0 saturated carbocycles. The summed E-state index contributed by atoms with van der Waals surface area (Å²) >= 11 is 0. The fourth-order valence-electron chi connectivity index (χ4n) is 4.07. The molecule has 3 rings (SSSR count). The number of likely N-dealkylation sites (tertiary alicyclic amines) is 2. The summed E-state index contributed by atoms with van der Waals surface area (Å²) in [4.78, 5) is 32.1. The number of aromatic nitrogens is 1. The van der Waals surface area contributed by atoms with Gasteiger partial charge in [0, 0.05) is 51.4 Å². The van der Waals surface area contributed by atoms with Crippen LogP contribution in [0, 0.1) is 5.92 Å². The molecule has 0 radical (unpaired) electrons. The van der Waals surface area contributed by atoms with E-state index in [0.717, 1.165) is 52.0 Å². The molecule has 0 aliphatic carbocycles. The number of hydrogen-bond acceptors (Lipinski definition) is 5. The Hall–Kier alpha value is -2.15. The highest BCUT2D eigenvalue weighted by Gasteiger charge is 2.33. The summed E-state index contributed by atoms with van der Waals surface area (Å²) in [5, 5.41) is 3.46. The van der Waals surface area contributed by atoms with Crippen LogP contribution in [0.15, 0.2) is 18.3 Å². The Bertz CT molecular complexity index is 651. The first kappa shape index (κ1) is 18.6. The Kier molecular flexibility index (Phi) is 6.08. The van der Waals surface area contributed by atoms with Crippen LogP contribution in [-0.2, 0) is 4.79 Å². The summed E-state index contributed by atoms with van der Waals surface area (Å²) in [6.07, 6.45) is 5.59. The minimum atomic E-state index is -0.463. The van der Waals surface area contributed by atoms with Crippen molar-refractivity contribution >= 4 is 17.6 Å². The highest BCUT2D eigenvalue weighted by Crippen LogP contribution is 2.25. The molecule has 1 aromatic heterocycles. The number of hydrogen-bond donors (Lipinski definition) is 2. The van der Waals surface area contributed by atoms with Crippen LogP contribution >= 0.6 is 0 Å². The maximum Gasteiger partial charge on any atom is 0.252 e. The molecule has 1 aromatic rings. The van der Waals surface area contributed by atoms with E-state index in [-0.39, 0.29) is 11.9 Å². The zero-order valence-corrected chi connectivity index (χ0v) is 15.5. The number of nitrogens with one attached hydrogen (secondary N) is 1. The normalized spacial score (nSPS) is 23.6. The van der Waals surface area contributed by atoms with E-state index in [1.54, 1.807) is 18.3 Å². The van der Waals surface area contributed by atoms with Crippen LogP contribution in [0.4, 0.5) is 5.82 Å². The molecule has 7 heteroatoms. The van der Waals surface area contributed by atoms with Crippen molar-refractivity contribution in [2.45, 2.75) is 38.6 Å². The Morgan fingerprint density at radius 3 is 2.92 bits per heavy atom. The quantitative estimate of drug-likeness (QED) is 0.730. The highest BCUT2D eigenvalue weighted by atomic mass is 16.2. The van der Waals surface area contributed by atoms with E-state index in [9.17, 15) is 9.59 Å². The van der Waals surface area contributed by atoms with E-state index in [2.05, 4.69) is 22.1 Å². The van der Waals surface area contributed by atoms with Gasteiger partial charge < -0.3 is 16.0 Å². The second kappa shape index (κ2) is 8.49. The van der Waals surface area contributed by atoms with Crippen molar-refractivity contribution in [3.8, 4) is 0 Å². The Morgan fingerprint density at radius 2 is 2.23 bits per heavy atom. The molecule has 2 fully saturated rings. The molecule has 2 atom stereocenters. The van der Waals surface area contributed by atoms with E-state index in [1.165, 1.54) is 0 Å². The first-order valence-corrected chi connectivity index (χ1v) is 9.60. The minimum Gasteiger partial charge on any atom is -0.365 e. The predicted octanol–water partition coefficient (Wildman–Crippen LogP) is 1.32. The molecule has 3 N–H and O–H groups in total. The van der Waals surface area contributed by atoms with Crippen LogP contribution in [-0.4, -0.2) is 65.4 Å². The molecule has 0 aromatic carbocycles. The molecule has 3 heterocycles. The third-order valence-corrected chi connectivity index (χ3v) is 5.43. The van der Waals surface area contributed by atoms with Crippen LogP contribution in [0.5, 0.6) is 0 Å². The molecule has 0 spiro atoms. The van der Waals surface area contributed by atoms with Crippen molar-refractivity contribution in [3.63, 3.8) is 0 Å². The topological polar surface area (TPSA) is 91.6 Å². The van der Waals surface area contributed by atoms with Crippen molar-refractivity contribution in [1.82, 2.24) is 14.8 Å². The lowest BCUT2D eigenvalue weighted by molar-refractivity contribution is -0.127. The first-order chi connectivity index (χ1) is 12.6. The van der Waals surface area contributed by atoms with Crippen LogP contribution in [0.25, 0.3) is 0 Å². The van der Waals surface area contributed by atoms with Gasteiger partial charge in [-0.15, -0.1) is 0 Å². The SMILES string of the molecule is CCC[C@H]1CN(CCN2CCCC2=O)C[C@@H]1Nc1ncccc1C(N)=O. The lowest BCUT2D eigenvalue weighted by Gasteiger charge is -2.21. The van der Waals surface area contributed by atoms with Gasteiger partial charge in [0.25, 0.3) is 5.91 Å². The van der Waals surface area contributed by atoms with Gasteiger partial charge in [0.05, 0.1) is 5.56 Å². The van der Waals surface area contributed by atoms with Gasteiger partial charge in [-0.2, -0.15) is 0 Å². The average Bonchev–Trinajstić information content (AvgIpc) is 3.20. The summed E-state index contributed by atoms with van der Waals surface area (Å²) in [6, 6.07) is 3.67. The number of carbonyl (C=O) groups excluding carboxylic acids is 2. The number of anilines is 1. The van der Waals surface area contributed by atoms with Gasteiger partial charge in [-0.05, 0) is 30.9 Å². The molecule has 0 unspecified atom stereocenters. The van der Waals surface area contributed by atoms with Crippen LogP contribution < -0.4 is 11.1 Å². The summed E-state index contributed by atoms with van der Waals surface area (Å²) < 4.78 is 0. The van der Waals surface area contributed by atoms with Crippen molar-refractivity contribution < 1.29 is 9.59 Å². The molecule has 26 heavy (non-hydrogen) atoms. The Balaban J connectivity index is 1.62. The summed E-state index contributed by atoms with van der Waals surface area (Å²) in [5.41, 5.74) is 5.91.